The van der Waals surface area contributed by atoms with Crippen molar-refractivity contribution in [1.82, 2.24) is 5.01 Å². The van der Waals surface area contributed by atoms with E-state index in [1.807, 2.05) is 18.0 Å². The predicted molar refractivity (Wildman–Crippen MR) is 88.3 cm³/mol. The Morgan fingerprint density at radius 2 is 1.86 bits per heavy atom. The Morgan fingerprint density at radius 3 is 2.73 bits per heavy atom. The van der Waals surface area contributed by atoms with Gasteiger partial charge in [-0.3, -0.25) is 5.01 Å². The van der Waals surface area contributed by atoms with E-state index in [9.17, 15) is 0 Å². The molecule has 3 aromatic rings. The van der Waals surface area contributed by atoms with Crippen LogP contribution in [0.3, 0.4) is 0 Å². The van der Waals surface area contributed by atoms with E-state index in [-0.39, 0.29) is 0 Å². The van der Waals surface area contributed by atoms with Gasteiger partial charge in [0.1, 0.15) is 5.58 Å². The van der Waals surface area contributed by atoms with E-state index < -0.39 is 0 Å². The Kier molecular flexibility index (Phi) is 3.31. The number of hydrazone groups is 1. The van der Waals surface area contributed by atoms with Crippen LogP contribution in [0, 0.1) is 0 Å². The molecule has 4 rings (SSSR count). The van der Waals surface area contributed by atoms with Gasteiger partial charge in [-0.15, -0.1) is 0 Å². The molecule has 2 aromatic carbocycles. The Morgan fingerprint density at radius 1 is 1.05 bits per heavy atom. The molecule has 0 N–H and O–H groups in total. The summed E-state index contributed by atoms with van der Waals surface area (Å²) in [5.74, 6) is 0.831. The van der Waals surface area contributed by atoms with Gasteiger partial charge in [0, 0.05) is 5.39 Å². The first-order valence-electron chi connectivity index (χ1n) is 7.61. The molecule has 0 atom stereocenters. The van der Waals surface area contributed by atoms with Gasteiger partial charge in [0.05, 0.1) is 32.0 Å². The molecule has 0 spiro atoms. The molecule has 1 aromatic heterocycles. The second-order valence-electron chi connectivity index (χ2n) is 5.56. The highest BCUT2D eigenvalue weighted by molar-refractivity contribution is 6.09. The standard InChI is InChI=1S/C18H18N2O2/c1-13(19-20-8-10-21-11-9-20)18-12-16-15-5-3-2-4-14(15)6-7-17(16)22-18/h2-7,12H,8-11H2,1H3/b19-13-. The maximum Gasteiger partial charge on any atom is 0.151 e. The van der Waals surface area contributed by atoms with Crippen molar-refractivity contribution >= 4 is 27.5 Å². The van der Waals surface area contributed by atoms with Crippen LogP contribution in [0.15, 0.2) is 52.0 Å². The number of ether oxygens (including phenoxy) is 1. The van der Waals surface area contributed by atoms with Crippen LogP contribution in [0.2, 0.25) is 0 Å². The van der Waals surface area contributed by atoms with E-state index in [0.717, 1.165) is 48.7 Å². The summed E-state index contributed by atoms with van der Waals surface area (Å²) in [6, 6.07) is 14.6. The number of hydrogen-bond acceptors (Lipinski definition) is 4. The SMILES string of the molecule is C/C(=N/N1CCOCC1)c1cc2c(ccc3ccccc32)o1. The van der Waals surface area contributed by atoms with Crippen molar-refractivity contribution in [2.45, 2.75) is 6.92 Å². The van der Waals surface area contributed by atoms with Crippen LogP contribution >= 0.6 is 0 Å². The van der Waals surface area contributed by atoms with Crippen LogP contribution in [0.4, 0.5) is 0 Å². The molecule has 0 unspecified atom stereocenters. The molecule has 0 radical (unpaired) electrons. The molecule has 2 heterocycles. The van der Waals surface area contributed by atoms with Gasteiger partial charge in [-0.05, 0) is 29.8 Å². The van der Waals surface area contributed by atoms with Crippen molar-refractivity contribution in [1.29, 1.82) is 0 Å². The van der Waals surface area contributed by atoms with Crippen molar-refractivity contribution < 1.29 is 9.15 Å². The molecule has 0 amide bonds. The highest BCUT2D eigenvalue weighted by Gasteiger charge is 2.12. The maximum absolute atomic E-state index is 5.99. The number of benzene rings is 2. The zero-order valence-electron chi connectivity index (χ0n) is 12.6. The van der Waals surface area contributed by atoms with E-state index in [1.165, 1.54) is 10.8 Å². The number of nitrogens with zero attached hydrogens (tertiary/aromatic N) is 2. The Labute approximate surface area is 129 Å². The van der Waals surface area contributed by atoms with Gasteiger partial charge in [0.2, 0.25) is 0 Å². The third kappa shape index (κ3) is 2.35. The topological polar surface area (TPSA) is 38.0 Å². The first-order valence-corrected chi connectivity index (χ1v) is 7.61. The fourth-order valence-corrected chi connectivity index (χ4v) is 2.89. The average molecular weight is 294 g/mol. The summed E-state index contributed by atoms with van der Waals surface area (Å²) in [4.78, 5) is 0. The summed E-state index contributed by atoms with van der Waals surface area (Å²) < 4.78 is 11.3. The third-order valence-electron chi connectivity index (χ3n) is 4.06. The second kappa shape index (κ2) is 5.46. The normalized spacial score (nSPS) is 16.6. The maximum atomic E-state index is 5.99. The second-order valence-corrected chi connectivity index (χ2v) is 5.56. The summed E-state index contributed by atoms with van der Waals surface area (Å²) >= 11 is 0. The van der Waals surface area contributed by atoms with Crippen LogP contribution in [-0.2, 0) is 4.74 Å². The van der Waals surface area contributed by atoms with Gasteiger partial charge in [0.25, 0.3) is 0 Å². The zero-order valence-corrected chi connectivity index (χ0v) is 12.6. The van der Waals surface area contributed by atoms with Gasteiger partial charge >= 0.3 is 0 Å². The summed E-state index contributed by atoms with van der Waals surface area (Å²) in [6.07, 6.45) is 0. The monoisotopic (exact) mass is 294 g/mol. The van der Waals surface area contributed by atoms with Crippen LogP contribution in [0.5, 0.6) is 0 Å². The smallest absolute Gasteiger partial charge is 0.151 e. The Bertz CT molecular complexity index is 845. The van der Waals surface area contributed by atoms with E-state index in [1.54, 1.807) is 0 Å². The fraction of sp³-hybridized carbons (Fsp3) is 0.278. The summed E-state index contributed by atoms with van der Waals surface area (Å²) in [6.45, 7) is 5.14. The summed E-state index contributed by atoms with van der Waals surface area (Å²) in [5.41, 5.74) is 1.81. The summed E-state index contributed by atoms with van der Waals surface area (Å²) in [5, 5.41) is 10.3. The molecule has 22 heavy (non-hydrogen) atoms. The van der Waals surface area contributed by atoms with Crippen molar-refractivity contribution in [3.63, 3.8) is 0 Å². The van der Waals surface area contributed by atoms with E-state index >= 15 is 0 Å². The third-order valence-corrected chi connectivity index (χ3v) is 4.06. The zero-order chi connectivity index (χ0) is 14.9. The fourth-order valence-electron chi connectivity index (χ4n) is 2.89. The van der Waals surface area contributed by atoms with Gasteiger partial charge in [-0.2, -0.15) is 5.10 Å². The molecule has 112 valence electrons. The molecule has 0 saturated carbocycles. The van der Waals surface area contributed by atoms with Crippen molar-refractivity contribution in [2.24, 2.45) is 5.10 Å². The van der Waals surface area contributed by atoms with Gasteiger partial charge in [0.15, 0.2) is 5.76 Å². The molecular weight excluding hydrogens is 276 g/mol. The van der Waals surface area contributed by atoms with E-state index in [2.05, 4.69) is 41.5 Å². The quantitative estimate of drug-likeness (QED) is 0.677. The molecule has 0 aliphatic carbocycles. The Balaban J connectivity index is 1.75. The number of hydrogen-bond donors (Lipinski definition) is 0. The molecule has 1 fully saturated rings. The minimum Gasteiger partial charge on any atom is -0.455 e. The minimum atomic E-state index is 0.738. The largest absolute Gasteiger partial charge is 0.455 e. The molecule has 4 nitrogen and oxygen atoms in total. The minimum absolute atomic E-state index is 0.738. The van der Waals surface area contributed by atoms with E-state index in [0.29, 0.717) is 0 Å². The van der Waals surface area contributed by atoms with Gasteiger partial charge in [-0.25, -0.2) is 0 Å². The number of morpholine rings is 1. The Hall–Kier alpha value is -2.33. The molecule has 1 aliphatic rings. The lowest BCUT2D eigenvalue weighted by atomic mass is 10.1. The van der Waals surface area contributed by atoms with Crippen LogP contribution in [0.25, 0.3) is 21.7 Å². The lowest BCUT2D eigenvalue weighted by molar-refractivity contribution is 0.0393. The molecule has 1 saturated heterocycles. The number of furan rings is 1. The van der Waals surface area contributed by atoms with Crippen LogP contribution < -0.4 is 0 Å². The highest BCUT2D eigenvalue weighted by Crippen LogP contribution is 2.28. The molecular formula is C18H18N2O2. The highest BCUT2D eigenvalue weighted by atomic mass is 16.5. The van der Waals surface area contributed by atoms with Crippen molar-refractivity contribution in [2.75, 3.05) is 26.3 Å². The predicted octanol–water partition coefficient (Wildman–Crippen LogP) is 3.64. The number of rotatable bonds is 2. The molecule has 1 aliphatic heterocycles. The number of fused-ring (bicyclic) bond motifs is 3. The van der Waals surface area contributed by atoms with Gasteiger partial charge < -0.3 is 9.15 Å². The molecule has 4 heteroatoms. The lowest BCUT2D eigenvalue weighted by Gasteiger charge is -2.24. The van der Waals surface area contributed by atoms with Crippen LogP contribution in [-0.4, -0.2) is 37.0 Å². The summed E-state index contributed by atoms with van der Waals surface area (Å²) in [7, 11) is 0. The van der Waals surface area contributed by atoms with Crippen molar-refractivity contribution in [3.8, 4) is 0 Å². The average Bonchev–Trinajstić information content (AvgIpc) is 3.00. The first kappa shape index (κ1) is 13.3. The van der Waals surface area contributed by atoms with Gasteiger partial charge in [-0.1, -0.05) is 30.3 Å². The molecule has 0 bridgehead atoms. The van der Waals surface area contributed by atoms with E-state index in [4.69, 9.17) is 9.15 Å². The van der Waals surface area contributed by atoms with Crippen LogP contribution in [0.1, 0.15) is 12.7 Å². The lowest BCUT2D eigenvalue weighted by Crippen LogP contribution is -2.33. The van der Waals surface area contributed by atoms with Crippen molar-refractivity contribution in [3.05, 3.63) is 48.2 Å². The first-order chi connectivity index (χ1) is 10.8.